The van der Waals surface area contributed by atoms with Gasteiger partial charge in [0, 0.05) is 23.6 Å². The van der Waals surface area contributed by atoms with E-state index in [1.807, 2.05) is 35.2 Å². The number of benzene rings is 2. The molecule has 1 unspecified atom stereocenters. The van der Waals surface area contributed by atoms with Gasteiger partial charge in [-0.15, -0.1) is 5.10 Å². The molecular weight excluding hydrogens is 487 g/mol. The van der Waals surface area contributed by atoms with Crippen LogP contribution in [0, 0.1) is 11.8 Å². The number of allylic oxidation sites excluding steroid dienone is 1. The molecule has 1 saturated heterocycles. The molecule has 0 radical (unpaired) electrons. The Kier molecular flexibility index (Phi) is 7.39. The molecule has 1 N–H and O–H groups in total. The SMILES string of the molecule is CC(NC1=CC#CCN1c1cc(C2CCN(C)CC2)nnc1-c1cccc(C(F)(F)F)c1)c1ccccc1. The van der Waals surface area contributed by atoms with Crippen molar-refractivity contribution in [1.82, 2.24) is 20.4 Å². The highest BCUT2D eigenvalue weighted by molar-refractivity contribution is 5.77. The Hall–Kier alpha value is -3.83. The standard InChI is InChI=1S/C30H30F3N5/c1-21(22-9-4-3-5-10-22)34-28-13-6-7-16-38(28)27-20-26(23-14-17-37(2)18-15-23)35-36-29(27)24-11-8-12-25(19-24)30(31,32)33/h3-5,8-13,19-21,23,34H,14-18H2,1-2H3. The van der Waals surface area contributed by atoms with Crippen molar-refractivity contribution in [2.45, 2.75) is 37.9 Å². The number of alkyl halides is 3. The fraction of sp³-hybridized carbons (Fsp3) is 0.333. The molecule has 0 spiro atoms. The highest BCUT2D eigenvalue weighted by atomic mass is 19.4. The second-order valence-corrected chi connectivity index (χ2v) is 9.87. The van der Waals surface area contributed by atoms with Crippen LogP contribution >= 0.6 is 0 Å². The molecular formula is C30H30F3N5. The molecule has 3 aromatic rings. The van der Waals surface area contributed by atoms with Gasteiger partial charge >= 0.3 is 6.18 Å². The van der Waals surface area contributed by atoms with Gasteiger partial charge in [0.15, 0.2) is 0 Å². The first-order valence-corrected chi connectivity index (χ1v) is 12.8. The Morgan fingerprint density at radius 3 is 2.50 bits per heavy atom. The van der Waals surface area contributed by atoms with Crippen LogP contribution in [0.5, 0.6) is 0 Å². The minimum absolute atomic E-state index is 0.00925. The molecule has 0 amide bonds. The van der Waals surface area contributed by atoms with E-state index in [1.165, 1.54) is 6.07 Å². The molecule has 0 bridgehead atoms. The Labute approximate surface area is 221 Å². The number of piperidine rings is 1. The molecule has 5 nitrogen and oxygen atoms in total. The minimum atomic E-state index is -4.45. The monoisotopic (exact) mass is 517 g/mol. The molecule has 5 rings (SSSR count). The molecule has 3 heterocycles. The summed E-state index contributed by atoms with van der Waals surface area (Å²) < 4.78 is 40.7. The number of anilines is 1. The van der Waals surface area contributed by atoms with Crippen LogP contribution in [0.1, 0.15) is 48.5 Å². The van der Waals surface area contributed by atoms with Gasteiger partial charge in [0.25, 0.3) is 0 Å². The van der Waals surface area contributed by atoms with Gasteiger partial charge in [0.05, 0.1) is 23.5 Å². The lowest BCUT2D eigenvalue weighted by atomic mass is 9.93. The van der Waals surface area contributed by atoms with E-state index in [4.69, 9.17) is 0 Å². The number of nitrogens with one attached hydrogen (secondary N) is 1. The summed E-state index contributed by atoms with van der Waals surface area (Å²) in [5.41, 5.74) is 2.72. The van der Waals surface area contributed by atoms with Gasteiger partial charge in [-0.1, -0.05) is 54.3 Å². The molecule has 0 aliphatic carbocycles. The summed E-state index contributed by atoms with van der Waals surface area (Å²) in [6, 6.07) is 17.3. The van der Waals surface area contributed by atoms with E-state index in [0.29, 0.717) is 23.5 Å². The van der Waals surface area contributed by atoms with Crippen molar-refractivity contribution < 1.29 is 13.2 Å². The molecule has 2 aliphatic heterocycles. The zero-order valence-corrected chi connectivity index (χ0v) is 21.5. The summed E-state index contributed by atoms with van der Waals surface area (Å²) in [6.45, 7) is 4.38. The van der Waals surface area contributed by atoms with Crippen molar-refractivity contribution in [3.63, 3.8) is 0 Å². The highest BCUT2D eigenvalue weighted by Crippen LogP contribution is 2.38. The third-order valence-electron chi connectivity index (χ3n) is 7.19. The molecule has 8 heteroatoms. The summed E-state index contributed by atoms with van der Waals surface area (Å²) in [6.07, 6.45) is -0.723. The topological polar surface area (TPSA) is 44.3 Å². The van der Waals surface area contributed by atoms with Gasteiger partial charge in [-0.05, 0) is 63.7 Å². The van der Waals surface area contributed by atoms with E-state index in [-0.39, 0.29) is 12.0 Å². The average molecular weight is 518 g/mol. The molecule has 2 aromatic carbocycles. The first-order chi connectivity index (χ1) is 18.3. The van der Waals surface area contributed by atoms with Gasteiger partial charge in [0.2, 0.25) is 0 Å². The van der Waals surface area contributed by atoms with Crippen molar-refractivity contribution in [3.05, 3.63) is 89.4 Å². The van der Waals surface area contributed by atoms with Gasteiger partial charge in [-0.25, -0.2) is 0 Å². The fourth-order valence-corrected chi connectivity index (χ4v) is 4.94. The van der Waals surface area contributed by atoms with Gasteiger partial charge in [0.1, 0.15) is 11.5 Å². The molecule has 1 aromatic heterocycles. The smallest absolute Gasteiger partial charge is 0.364 e. The van der Waals surface area contributed by atoms with Crippen LogP contribution in [-0.2, 0) is 6.18 Å². The third kappa shape index (κ3) is 5.68. The Morgan fingerprint density at radius 1 is 1.00 bits per heavy atom. The van der Waals surface area contributed by atoms with Crippen molar-refractivity contribution in [1.29, 1.82) is 0 Å². The average Bonchev–Trinajstić information content (AvgIpc) is 2.93. The van der Waals surface area contributed by atoms with Crippen LogP contribution < -0.4 is 10.2 Å². The molecule has 196 valence electrons. The fourth-order valence-electron chi connectivity index (χ4n) is 4.94. The second kappa shape index (κ2) is 10.9. The first kappa shape index (κ1) is 25.8. The quantitative estimate of drug-likeness (QED) is 0.407. The number of halogens is 3. The number of hydrogen-bond acceptors (Lipinski definition) is 5. The normalized spacial score (nSPS) is 17.4. The number of likely N-dealkylation sites (tertiary alicyclic amines) is 1. The second-order valence-electron chi connectivity index (χ2n) is 9.87. The van der Waals surface area contributed by atoms with E-state index in [1.54, 1.807) is 6.07 Å². The van der Waals surface area contributed by atoms with Crippen LogP contribution in [-0.4, -0.2) is 41.8 Å². The van der Waals surface area contributed by atoms with E-state index in [9.17, 15) is 13.2 Å². The van der Waals surface area contributed by atoms with Gasteiger partial charge < -0.3 is 15.1 Å². The Morgan fingerprint density at radius 2 is 1.76 bits per heavy atom. The van der Waals surface area contributed by atoms with Crippen LogP contribution in [0.25, 0.3) is 11.3 Å². The van der Waals surface area contributed by atoms with Crippen LogP contribution in [0.2, 0.25) is 0 Å². The zero-order valence-electron chi connectivity index (χ0n) is 21.5. The van der Waals surface area contributed by atoms with Crippen molar-refractivity contribution in [2.24, 2.45) is 0 Å². The molecule has 2 aliphatic rings. The summed E-state index contributed by atoms with van der Waals surface area (Å²) in [5.74, 6) is 7.19. The van der Waals surface area contributed by atoms with Crippen LogP contribution in [0.4, 0.5) is 18.9 Å². The maximum Gasteiger partial charge on any atom is 0.416 e. The summed E-state index contributed by atoms with van der Waals surface area (Å²) in [7, 11) is 2.10. The van der Waals surface area contributed by atoms with Crippen LogP contribution in [0.3, 0.4) is 0 Å². The van der Waals surface area contributed by atoms with Gasteiger partial charge in [-0.3, -0.25) is 0 Å². The van der Waals surface area contributed by atoms with Crippen molar-refractivity contribution in [3.8, 4) is 23.1 Å². The summed E-state index contributed by atoms with van der Waals surface area (Å²) in [5, 5.41) is 12.6. The van der Waals surface area contributed by atoms with Crippen molar-refractivity contribution >= 4 is 5.69 Å². The zero-order chi connectivity index (χ0) is 26.7. The lowest BCUT2D eigenvalue weighted by Gasteiger charge is -2.32. The van der Waals surface area contributed by atoms with E-state index in [2.05, 4.69) is 58.4 Å². The van der Waals surface area contributed by atoms with E-state index >= 15 is 0 Å². The largest absolute Gasteiger partial charge is 0.416 e. The van der Waals surface area contributed by atoms with Gasteiger partial charge in [-0.2, -0.15) is 18.3 Å². The first-order valence-electron chi connectivity index (χ1n) is 12.8. The lowest BCUT2D eigenvalue weighted by Crippen LogP contribution is -2.35. The third-order valence-corrected chi connectivity index (χ3v) is 7.19. The predicted octanol–water partition coefficient (Wildman–Crippen LogP) is 5.99. The number of aromatic nitrogens is 2. The summed E-state index contributed by atoms with van der Waals surface area (Å²) >= 11 is 0. The molecule has 0 saturated carbocycles. The van der Waals surface area contributed by atoms with E-state index in [0.717, 1.165) is 55.1 Å². The maximum atomic E-state index is 13.6. The number of rotatable bonds is 6. The van der Waals surface area contributed by atoms with Crippen LogP contribution in [0.15, 0.2) is 72.6 Å². The maximum absolute atomic E-state index is 13.6. The molecule has 1 fully saturated rings. The number of hydrogen-bond donors (Lipinski definition) is 1. The summed E-state index contributed by atoms with van der Waals surface area (Å²) in [4.78, 5) is 4.29. The molecule has 1 atom stereocenters. The van der Waals surface area contributed by atoms with E-state index < -0.39 is 11.7 Å². The van der Waals surface area contributed by atoms with Crippen molar-refractivity contribution in [2.75, 3.05) is 31.6 Å². The lowest BCUT2D eigenvalue weighted by molar-refractivity contribution is -0.137. The highest BCUT2D eigenvalue weighted by Gasteiger charge is 2.31. The predicted molar refractivity (Wildman–Crippen MR) is 143 cm³/mol. The Bertz CT molecular complexity index is 1370. The molecule has 38 heavy (non-hydrogen) atoms. The minimum Gasteiger partial charge on any atom is -0.364 e. The number of nitrogens with zero attached hydrogens (tertiary/aromatic N) is 4. The Balaban J connectivity index is 1.55.